The molecule has 0 aromatic carbocycles. The second kappa shape index (κ2) is 7.56. The van der Waals surface area contributed by atoms with E-state index in [9.17, 15) is 4.79 Å². The standard InChI is InChI=1S/C16H31N3O2/c1-16(17,15(20)21)8-5-9-18-12-6-14(7-13-18)19-10-3-2-4-11-19/h14H,2-13,17H2,1H3,(H,20,21). The number of rotatable bonds is 6. The quantitative estimate of drug-likeness (QED) is 0.778. The Balaban J connectivity index is 1.64. The van der Waals surface area contributed by atoms with Crippen LogP contribution in [0.4, 0.5) is 0 Å². The predicted octanol–water partition coefficient (Wildman–Crippen LogP) is 1.52. The van der Waals surface area contributed by atoms with Gasteiger partial charge in [-0.15, -0.1) is 0 Å². The van der Waals surface area contributed by atoms with Gasteiger partial charge in [0.1, 0.15) is 5.54 Å². The Bertz CT molecular complexity index is 332. The summed E-state index contributed by atoms with van der Waals surface area (Å²) in [4.78, 5) is 16.1. The lowest BCUT2D eigenvalue weighted by atomic mass is 9.96. The number of piperidine rings is 2. The second-order valence-corrected chi connectivity index (χ2v) is 7.00. The molecule has 0 aliphatic carbocycles. The lowest BCUT2D eigenvalue weighted by molar-refractivity contribution is -0.142. The molecule has 122 valence electrons. The van der Waals surface area contributed by atoms with E-state index in [1.165, 1.54) is 45.2 Å². The van der Waals surface area contributed by atoms with Gasteiger partial charge in [0.2, 0.25) is 0 Å². The van der Waals surface area contributed by atoms with E-state index in [1.807, 2.05) is 0 Å². The predicted molar refractivity (Wildman–Crippen MR) is 84.3 cm³/mol. The molecule has 2 fully saturated rings. The van der Waals surface area contributed by atoms with Crippen molar-refractivity contribution >= 4 is 5.97 Å². The summed E-state index contributed by atoms with van der Waals surface area (Å²) in [5.41, 5.74) is 4.69. The minimum atomic E-state index is -1.08. The van der Waals surface area contributed by atoms with Crippen molar-refractivity contribution in [3.63, 3.8) is 0 Å². The Morgan fingerprint density at radius 3 is 2.38 bits per heavy atom. The Hall–Kier alpha value is -0.650. The summed E-state index contributed by atoms with van der Waals surface area (Å²) in [7, 11) is 0. The Labute approximate surface area is 128 Å². The van der Waals surface area contributed by atoms with Crippen molar-refractivity contribution in [2.24, 2.45) is 5.73 Å². The minimum absolute atomic E-state index is 0.550. The van der Waals surface area contributed by atoms with Gasteiger partial charge in [0, 0.05) is 6.04 Å². The highest BCUT2D eigenvalue weighted by molar-refractivity contribution is 5.77. The SMILES string of the molecule is CC(N)(CCCN1CCC(N2CCCCC2)CC1)C(=O)O. The molecule has 0 aromatic heterocycles. The number of nitrogens with zero attached hydrogens (tertiary/aromatic N) is 2. The van der Waals surface area contributed by atoms with Gasteiger partial charge in [-0.3, -0.25) is 4.79 Å². The molecule has 1 atom stereocenters. The van der Waals surface area contributed by atoms with Gasteiger partial charge in [-0.05, 0) is 78.2 Å². The largest absolute Gasteiger partial charge is 0.480 e. The van der Waals surface area contributed by atoms with E-state index < -0.39 is 11.5 Å². The van der Waals surface area contributed by atoms with Crippen LogP contribution in [0.2, 0.25) is 0 Å². The molecular weight excluding hydrogens is 266 g/mol. The first-order valence-electron chi connectivity index (χ1n) is 8.48. The Morgan fingerprint density at radius 2 is 1.81 bits per heavy atom. The number of likely N-dealkylation sites (tertiary alicyclic amines) is 2. The average Bonchev–Trinajstić information content (AvgIpc) is 2.48. The molecule has 1 unspecified atom stereocenters. The van der Waals surface area contributed by atoms with Crippen LogP contribution in [0.1, 0.15) is 51.9 Å². The van der Waals surface area contributed by atoms with E-state index in [2.05, 4.69) is 9.80 Å². The molecule has 0 bridgehead atoms. The Morgan fingerprint density at radius 1 is 1.19 bits per heavy atom. The molecule has 2 aliphatic heterocycles. The van der Waals surface area contributed by atoms with Gasteiger partial charge in [0.05, 0.1) is 0 Å². The van der Waals surface area contributed by atoms with Crippen LogP contribution in [0.5, 0.6) is 0 Å². The fourth-order valence-electron chi connectivity index (χ4n) is 3.57. The zero-order valence-corrected chi connectivity index (χ0v) is 13.4. The molecule has 2 rings (SSSR count). The van der Waals surface area contributed by atoms with Crippen LogP contribution in [-0.4, -0.2) is 65.2 Å². The Kier molecular flexibility index (Phi) is 6.02. The van der Waals surface area contributed by atoms with Gasteiger partial charge in [0.25, 0.3) is 0 Å². The summed E-state index contributed by atoms with van der Waals surface area (Å²) in [6.45, 7) is 7.46. The maximum atomic E-state index is 11.0. The lowest BCUT2D eigenvalue weighted by Gasteiger charge is -2.40. The molecule has 21 heavy (non-hydrogen) atoms. The van der Waals surface area contributed by atoms with E-state index in [-0.39, 0.29) is 0 Å². The third kappa shape index (κ3) is 4.94. The monoisotopic (exact) mass is 297 g/mol. The van der Waals surface area contributed by atoms with Crippen molar-refractivity contribution < 1.29 is 9.90 Å². The topological polar surface area (TPSA) is 69.8 Å². The summed E-state index contributed by atoms with van der Waals surface area (Å²) < 4.78 is 0. The van der Waals surface area contributed by atoms with Crippen LogP contribution < -0.4 is 5.73 Å². The first kappa shape index (κ1) is 16.7. The number of carboxylic acids is 1. The van der Waals surface area contributed by atoms with Gasteiger partial charge < -0.3 is 20.6 Å². The van der Waals surface area contributed by atoms with Gasteiger partial charge in [-0.25, -0.2) is 0 Å². The molecule has 5 heteroatoms. The average molecular weight is 297 g/mol. The molecule has 2 saturated heterocycles. The lowest BCUT2D eigenvalue weighted by Crippen LogP contribution is -2.48. The van der Waals surface area contributed by atoms with Gasteiger partial charge in [-0.2, -0.15) is 0 Å². The maximum Gasteiger partial charge on any atom is 0.323 e. The zero-order chi connectivity index (χ0) is 15.3. The van der Waals surface area contributed by atoms with Crippen LogP contribution in [0.25, 0.3) is 0 Å². The van der Waals surface area contributed by atoms with Crippen LogP contribution in [0.3, 0.4) is 0 Å². The fourth-order valence-corrected chi connectivity index (χ4v) is 3.57. The third-order valence-electron chi connectivity index (χ3n) is 5.12. The van der Waals surface area contributed by atoms with E-state index in [4.69, 9.17) is 10.8 Å². The third-order valence-corrected chi connectivity index (χ3v) is 5.12. The summed E-state index contributed by atoms with van der Waals surface area (Å²) in [6, 6.07) is 0.778. The fraction of sp³-hybridized carbons (Fsp3) is 0.938. The van der Waals surface area contributed by atoms with Crippen molar-refractivity contribution in [2.75, 3.05) is 32.7 Å². The highest BCUT2D eigenvalue weighted by Crippen LogP contribution is 2.21. The van der Waals surface area contributed by atoms with E-state index >= 15 is 0 Å². The van der Waals surface area contributed by atoms with E-state index in [0.717, 1.165) is 32.1 Å². The molecule has 5 nitrogen and oxygen atoms in total. The molecule has 2 aliphatic rings. The number of carboxylic acid groups (broad SMARTS) is 1. The first-order valence-corrected chi connectivity index (χ1v) is 8.48. The summed E-state index contributed by atoms with van der Waals surface area (Å²) in [5.74, 6) is -0.897. The molecule has 0 amide bonds. The summed E-state index contributed by atoms with van der Waals surface area (Å²) >= 11 is 0. The highest BCUT2D eigenvalue weighted by atomic mass is 16.4. The maximum absolute atomic E-state index is 11.0. The zero-order valence-electron chi connectivity index (χ0n) is 13.4. The normalized spacial score (nSPS) is 25.6. The van der Waals surface area contributed by atoms with Crippen LogP contribution >= 0.6 is 0 Å². The second-order valence-electron chi connectivity index (χ2n) is 7.00. The van der Waals surface area contributed by atoms with E-state index in [1.54, 1.807) is 6.92 Å². The van der Waals surface area contributed by atoms with Crippen molar-refractivity contribution in [1.82, 2.24) is 9.80 Å². The highest BCUT2D eigenvalue weighted by Gasteiger charge is 2.28. The van der Waals surface area contributed by atoms with Crippen molar-refractivity contribution in [3.05, 3.63) is 0 Å². The molecule has 2 heterocycles. The number of aliphatic carboxylic acids is 1. The molecule has 0 spiro atoms. The minimum Gasteiger partial charge on any atom is -0.480 e. The number of hydrogen-bond donors (Lipinski definition) is 2. The number of hydrogen-bond acceptors (Lipinski definition) is 4. The molecular formula is C16H31N3O2. The van der Waals surface area contributed by atoms with Gasteiger partial charge in [0.15, 0.2) is 0 Å². The summed E-state index contributed by atoms with van der Waals surface area (Å²) in [6.07, 6.45) is 8.07. The van der Waals surface area contributed by atoms with Crippen LogP contribution in [0, 0.1) is 0 Å². The number of carbonyl (C=O) groups is 1. The summed E-state index contributed by atoms with van der Waals surface area (Å²) in [5, 5.41) is 9.01. The van der Waals surface area contributed by atoms with Crippen LogP contribution in [-0.2, 0) is 4.79 Å². The molecule has 3 N–H and O–H groups in total. The van der Waals surface area contributed by atoms with E-state index in [0.29, 0.717) is 6.42 Å². The first-order chi connectivity index (χ1) is 9.99. The smallest absolute Gasteiger partial charge is 0.323 e. The van der Waals surface area contributed by atoms with Crippen molar-refractivity contribution in [1.29, 1.82) is 0 Å². The molecule has 0 saturated carbocycles. The van der Waals surface area contributed by atoms with Gasteiger partial charge in [-0.1, -0.05) is 6.42 Å². The van der Waals surface area contributed by atoms with Gasteiger partial charge >= 0.3 is 5.97 Å². The number of nitrogens with two attached hydrogens (primary N) is 1. The van der Waals surface area contributed by atoms with Crippen molar-refractivity contribution in [3.8, 4) is 0 Å². The van der Waals surface area contributed by atoms with Crippen LogP contribution in [0.15, 0.2) is 0 Å². The molecule has 0 aromatic rings. The van der Waals surface area contributed by atoms with Crippen molar-refractivity contribution in [2.45, 2.75) is 63.5 Å². The molecule has 0 radical (unpaired) electrons.